The zero-order valence-corrected chi connectivity index (χ0v) is 15.4. The molecule has 0 aliphatic rings. The van der Waals surface area contributed by atoms with Gasteiger partial charge < -0.3 is 10.1 Å². The topological polar surface area (TPSA) is 69.0 Å². The van der Waals surface area contributed by atoms with Crippen LogP contribution in [-0.2, 0) is 0 Å². The third-order valence-electron chi connectivity index (χ3n) is 3.95. The Labute approximate surface area is 158 Å². The minimum absolute atomic E-state index is 0.319. The Hall–Kier alpha value is -3.26. The number of amides is 1. The molecule has 2 aromatic carbocycles. The van der Waals surface area contributed by atoms with Gasteiger partial charge in [0.1, 0.15) is 17.4 Å². The second-order valence-corrected chi connectivity index (χ2v) is 6.85. The van der Waals surface area contributed by atoms with Gasteiger partial charge in [0.15, 0.2) is 0 Å². The van der Waals surface area contributed by atoms with Crippen molar-refractivity contribution in [2.45, 2.75) is 6.92 Å². The minimum Gasteiger partial charge on any atom is -0.496 e. The van der Waals surface area contributed by atoms with Gasteiger partial charge in [-0.25, -0.2) is 9.37 Å². The number of thiazole rings is 1. The molecule has 2 aromatic heterocycles. The van der Waals surface area contributed by atoms with Crippen LogP contribution in [0.25, 0.3) is 15.3 Å². The molecule has 0 unspecified atom stereocenters. The van der Waals surface area contributed by atoms with E-state index in [2.05, 4.69) is 15.4 Å². The maximum Gasteiger partial charge on any atom is 0.260 e. The van der Waals surface area contributed by atoms with Crippen molar-refractivity contribution in [1.82, 2.24) is 14.8 Å². The Balaban J connectivity index is 1.71. The first-order chi connectivity index (χ1) is 13.0. The standard InChI is InChI=1S/C19H15FN4O2S/c1-11-9-17(22-18(25)13-5-3-4-6-15(13)26-2)24(23-11)19-21-14-8-7-12(20)10-16(14)27-19/h3-10H,1-2H3,(H,22,25). The third-order valence-corrected chi connectivity index (χ3v) is 4.94. The highest BCUT2D eigenvalue weighted by Crippen LogP contribution is 2.28. The molecule has 8 heteroatoms. The van der Waals surface area contributed by atoms with Gasteiger partial charge in [-0.05, 0) is 37.3 Å². The smallest absolute Gasteiger partial charge is 0.260 e. The molecule has 27 heavy (non-hydrogen) atoms. The van der Waals surface area contributed by atoms with Crippen LogP contribution in [0.3, 0.4) is 0 Å². The maximum absolute atomic E-state index is 13.5. The summed E-state index contributed by atoms with van der Waals surface area (Å²) in [6, 6.07) is 13.1. The van der Waals surface area contributed by atoms with E-state index < -0.39 is 0 Å². The first kappa shape index (κ1) is 17.2. The monoisotopic (exact) mass is 382 g/mol. The summed E-state index contributed by atoms with van der Waals surface area (Å²) in [6.07, 6.45) is 0. The Morgan fingerprint density at radius 3 is 2.85 bits per heavy atom. The lowest BCUT2D eigenvalue weighted by Crippen LogP contribution is -2.16. The van der Waals surface area contributed by atoms with E-state index in [9.17, 15) is 9.18 Å². The van der Waals surface area contributed by atoms with E-state index >= 15 is 0 Å². The summed E-state index contributed by atoms with van der Waals surface area (Å²) in [5, 5.41) is 7.80. The summed E-state index contributed by atoms with van der Waals surface area (Å²) >= 11 is 1.30. The number of nitrogens with zero attached hydrogens (tertiary/aromatic N) is 3. The highest BCUT2D eigenvalue weighted by Gasteiger charge is 2.17. The number of carbonyl (C=O) groups excluding carboxylic acids is 1. The molecular weight excluding hydrogens is 367 g/mol. The number of nitrogens with one attached hydrogen (secondary N) is 1. The van der Waals surface area contributed by atoms with Gasteiger partial charge >= 0.3 is 0 Å². The van der Waals surface area contributed by atoms with Crippen molar-refractivity contribution >= 4 is 33.3 Å². The Morgan fingerprint density at radius 2 is 2.04 bits per heavy atom. The normalized spacial score (nSPS) is 10.9. The van der Waals surface area contributed by atoms with Crippen molar-refractivity contribution in [2.24, 2.45) is 0 Å². The van der Waals surface area contributed by atoms with E-state index in [1.807, 2.05) is 6.92 Å². The molecule has 2 heterocycles. The highest BCUT2D eigenvalue weighted by molar-refractivity contribution is 7.20. The summed E-state index contributed by atoms with van der Waals surface area (Å²) < 4.78 is 21.0. The van der Waals surface area contributed by atoms with E-state index in [1.54, 1.807) is 41.1 Å². The molecular formula is C19H15FN4O2S. The molecule has 0 radical (unpaired) electrons. The van der Waals surface area contributed by atoms with Gasteiger partial charge in [-0.1, -0.05) is 23.5 Å². The van der Waals surface area contributed by atoms with E-state index in [-0.39, 0.29) is 11.7 Å². The first-order valence-electron chi connectivity index (χ1n) is 8.12. The lowest BCUT2D eigenvalue weighted by molar-refractivity contribution is 0.102. The van der Waals surface area contributed by atoms with E-state index in [4.69, 9.17) is 4.74 Å². The van der Waals surface area contributed by atoms with Crippen LogP contribution in [-0.4, -0.2) is 27.8 Å². The fraction of sp³-hybridized carbons (Fsp3) is 0.105. The minimum atomic E-state index is -0.320. The molecule has 1 N–H and O–H groups in total. The van der Waals surface area contributed by atoms with Crippen molar-refractivity contribution in [3.8, 4) is 10.9 Å². The van der Waals surface area contributed by atoms with Crippen LogP contribution in [0.2, 0.25) is 0 Å². The number of rotatable bonds is 4. The van der Waals surface area contributed by atoms with Crippen molar-refractivity contribution in [3.05, 3.63) is 65.6 Å². The predicted molar refractivity (Wildman–Crippen MR) is 102 cm³/mol. The lowest BCUT2D eigenvalue weighted by atomic mass is 10.2. The van der Waals surface area contributed by atoms with Gasteiger partial charge in [0.05, 0.1) is 28.6 Å². The predicted octanol–water partition coefficient (Wildman–Crippen LogP) is 4.19. The Bertz CT molecular complexity index is 1150. The van der Waals surface area contributed by atoms with E-state index in [0.29, 0.717) is 32.5 Å². The van der Waals surface area contributed by atoms with Crippen LogP contribution < -0.4 is 10.1 Å². The van der Waals surface area contributed by atoms with Crippen LogP contribution in [0.5, 0.6) is 5.75 Å². The molecule has 4 aromatic rings. The van der Waals surface area contributed by atoms with Gasteiger partial charge in [0.25, 0.3) is 5.91 Å². The number of hydrogen-bond acceptors (Lipinski definition) is 5. The molecule has 0 spiro atoms. The summed E-state index contributed by atoms with van der Waals surface area (Å²) in [6.45, 7) is 1.82. The number of ether oxygens (including phenoxy) is 1. The summed E-state index contributed by atoms with van der Waals surface area (Å²) in [5.74, 6) is 0.316. The zero-order valence-electron chi connectivity index (χ0n) is 14.6. The number of aromatic nitrogens is 3. The summed E-state index contributed by atoms with van der Waals surface area (Å²) in [5.41, 5.74) is 1.80. The number of aryl methyl sites for hydroxylation is 1. The van der Waals surface area contributed by atoms with E-state index in [0.717, 1.165) is 5.69 Å². The van der Waals surface area contributed by atoms with Crippen LogP contribution in [0, 0.1) is 12.7 Å². The molecule has 0 aliphatic carbocycles. The summed E-state index contributed by atoms with van der Waals surface area (Å²) in [7, 11) is 1.51. The van der Waals surface area contributed by atoms with Crippen molar-refractivity contribution in [2.75, 3.05) is 12.4 Å². The van der Waals surface area contributed by atoms with Gasteiger partial charge in [-0.3, -0.25) is 4.79 Å². The molecule has 6 nitrogen and oxygen atoms in total. The number of hydrogen-bond donors (Lipinski definition) is 1. The molecule has 136 valence electrons. The number of methoxy groups -OCH3 is 1. The molecule has 0 saturated heterocycles. The first-order valence-corrected chi connectivity index (χ1v) is 8.94. The van der Waals surface area contributed by atoms with Crippen molar-refractivity contribution < 1.29 is 13.9 Å². The second-order valence-electron chi connectivity index (χ2n) is 5.85. The van der Waals surface area contributed by atoms with Crippen LogP contribution in [0.4, 0.5) is 10.2 Å². The fourth-order valence-corrected chi connectivity index (χ4v) is 3.68. The fourth-order valence-electron chi connectivity index (χ4n) is 2.73. The van der Waals surface area contributed by atoms with Crippen LogP contribution in [0.15, 0.2) is 48.5 Å². The molecule has 4 rings (SSSR count). The number of carbonyl (C=O) groups is 1. The molecule has 1 amide bonds. The number of anilines is 1. The molecule has 0 fully saturated rings. The average Bonchev–Trinajstić information content (AvgIpc) is 3.24. The van der Waals surface area contributed by atoms with E-state index in [1.165, 1.54) is 30.6 Å². The molecule has 0 bridgehead atoms. The molecule has 0 aliphatic heterocycles. The van der Waals surface area contributed by atoms with Gasteiger partial charge in [0, 0.05) is 6.07 Å². The second kappa shape index (κ2) is 6.81. The Morgan fingerprint density at radius 1 is 1.22 bits per heavy atom. The highest BCUT2D eigenvalue weighted by atomic mass is 32.1. The SMILES string of the molecule is COc1ccccc1C(=O)Nc1cc(C)nn1-c1nc2ccc(F)cc2s1. The maximum atomic E-state index is 13.5. The average molecular weight is 382 g/mol. The number of para-hydroxylation sites is 1. The van der Waals surface area contributed by atoms with Crippen LogP contribution >= 0.6 is 11.3 Å². The number of benzene rings is 2. The van der Waals surface area contributed by atoms with Crippen LogP contribution in [0.1, 0.15) is 16.1 Å². The molecule has 0 saturated carbocycles. The van der Waals surface area contributed by atoms with Gasteiger partial charge in [-0.2, -0.15) is 9.78 Å². The van der Waals surface area contributed by atoms with Crippen molar-refractivity contribution in [1.29, 1.82) is 0 Å². The largest absolute Gasteiger partial charge is 0.496 e. The quantitative estimate of drug-likeness (QED) is 0.575. The number of halogens is 1. The van der Waals surface area contributed by atoms with Crippen molar-refractivity contribution in [3.63, 3.8) is 0 Å². The molecule has 0 atom stereocenters. The Kier molecular flexibility index (Phi) is 4.33. The zero-order chi connectivity index (χ0) is 19.0. The number of fused-ring (bicyclic) bond motifs is 1. The van der Waals surface area contributed by atoms with Gasteiger partial charge in [0.2, 0.25) is 5.13 Å². The third kappa shape index (κ3) is 3.26. The summed E-state index contributed by atoms with van der Waals surface area (Å²) in [4.78, 5) is 17.2. The lowest BCUT2D eigenvalue weighted by Gasteiger charge is -2.09. The van der Waals surface area contributed by atoms with Gasteiger partial charge in [-0.15, -0.1) is 0 Å².